The number of aromatic nitrogens is 2. The molecule has 0 atom stereocenters. The number of para-hydroxylation sites is 1. The summed E-state index contributed by atoms with van der Waals surface area (Å²) in [4.78, 5) is 13.5. The molecule has 0 spiro atoms. The number of aryl methyl sites for hydroxylation is 2. The Morgan fingerprint density at radius 1 is 1.35 bits per heavy atom. The molecule has 8 nitrogen and oxygen atoms in total. The van der Waals surface area contributed by atoms with Gasteiger partial charge in [0.05, 0.1) is 5.69 Å². The maximum atomic E-state index is 12.3. The second-order valence-electron chi connectivity index (χ2n) is 4.16. The summed E-state index contributed by atoms with van der Waals surface area (Å²) >= 11 is 0. The number of benzene rings is 1. The Hall–Kier alpha value is -2.42. The van der Waals surface area contributed by atoms with Crippen molar-refractivity contribution in [2.75, 3.05) is 4.72 Å². The predicted molar refractivity (Wildman–Crippen MR) is 71.8 cm³/mol. The number of anilines is 1. The number of hydrogen-bond donors (Lipinski definition) is 1. The molecule has 20 heavy (non-hydrogen) atoms. The molecule has 106 valence electrons. The summed E-state index contributed by atoms with van der Waals surface area (Å²) in [7, 11) is -2.71. The fraction of sp³-hybridized carbons (Fsp3) is 0.182. The first-order valence-electron chi connectivity index (χ1n) is 5.57. The van der Waals surface area contributed by atoms with E-state index in [9.17, 15) is 18.5 Å². The van der Waals surface area contributed by atoms with Crippen LogP contribution in [-0.4, -0.2) is 22.9 Å². The van der Waals surface area contributed by atoms with Crippen LogP contribution in [0.15, 0.2) is 35.6 Å². The van der Waals surface area contributed by atoms with E-state index in [0.29, 0.717) is 11.3 Å². The molecule has 9 heteroatoms. The first-order chi connectivity index (χ1) is 9.33. The van der Waals surface area contributed by atoms with Crippen molar-refractivity contribution in [2.45, 2.75) is 11.9 Å². The highest BCUT2D eigenvalue weighted by Gasteiger charge is 2.32. The van der Waals surface area contributed by atoms with E-state index in [2.05, 4.69) is 9.71 Å². The van der Waals surface area contributed by atoms with Crippen molar-refractivity contribution in [3.8, 4) is 0 Å². The number of nitrogens with zero attached hydrogens (tertiary/aromatic N) is 3. The standard InChI is InChI=1S/C11H12N4O4S/c1-8-5-3-4-6-9(8)13-20(18,19)11-10(15(16)17)12-7-14(11)2/h3-7,13H,1-2H3. The smallest absolute Gasteiger partial charge is 0.358 e. The van der Waals surface area contributed by atoms with Gasteiger partial charge in [-0.25, -0.2) is 0 Å². The summed E-state index contributed by atoms with van der Waals surface area (Å²) in [6.45, 7) is 1.73. The fourth-order valence-corrected chi connectivity index (χ4v) is 3.13. The third-order valence-corrected chi connectivity index (χ3v) is 4.15. The second kappa shape index (κ2) is 4.93. The van der Waals surface area contributed by atoms with E-state index in [-0.39, 0.29) is 0 Å². The molecule has 2 rings (SSSR count). The molecule has 1 aromatic heterocycles. The predicted octanol–water partition coefficient (Wildman–Crippen LogP) is 1.44. The Morgan fingerprint density at radius 3 is 2.60 bits per heavy atom. The van der Waals surface area contributed by atoms with Crippen molar-refractivity contribution < 1.29 is 13.3 Å². The molecular weight excluding hydrogens is 284 g/mol. The van der Waals surface area contributed by atoms with Crippen molar-refractivity contribution in [3.63, 3.8) is 0 Å². The van der Waals surface area contributed by atoms with Crippen LogP contribution < -0.4 is 4.72 Å². The van der Waals surface area contributed by atoms with E-state index in [1.165, 1.54) is 7.05 Å². The van der Waals surface area contributed by atoms with Gasteiger partial charge in [0.25, 0.3) is 15.0 Å². The highest BCUT2D eigenvalue weighted by Crippen LogP contribution is 2.24. The number of rotatable bonds is 4. The molecule has 1 heterocycles. The van der Waals surface area contributed by atoms with Crippen LogP contribution in [0.3, 0.4) is 0 Å². The van der Waals surface area contributed by atoms with Gasteiger partial charge < -0.3 is 10.1 Å². The number of sulfonamides is 1. The maximum absolute atomic E-state index is 12.3. The van der Waals surface area contributed by atoms with Gasteiger partial charge in [-0.1, -0.05) is 18.2 Å². The van der Waals surface area contributed by atoms with E-state index in [1.54, 1.807) is 31.2 Å². The zero-order chi connectivity index (χ0) is 14.9. The quantitative estimate of drug-likeness (QED) is 0.678. The summed E-state index contributed by atoms with van der Waals surface area (Å²) in [5, 5.41) is 10.4. The summed E-state index contributed by atoms with van der Waals surface area (Å²) in [5.74, 6) is -0.700. The van der Waals surface area contributed by atoms with Crippen molar-refractivity contribution >= 4 is 21.5 Å². The number of imidazole rings is 1. The van der Waals surface area contributed by atoms with Crippen molar-refractivity contribution in [1.29, 1.82) is 0 Å². The molecule has 0 aliphatic heterocycles. The molecule has 0 unspecified atom stereocenters. The highest BCUT2D eigenvalue weighted by molar-refractivity contribution is 7.92. The molecule has 0 bridgehead atoms. The van der Waals surface area contributed by atoms with Gasteiger partial charge in [-0.2, -0.15) is 8.42 Å². The summed E-state index contributed by atoms with van der Waals surface area (Å²) in [5.41, 5.74) is 1.07. The zero-order valence-corrected chi connectivity index (χ0v) is 11.6. The molecular formula is C11H12N4O4S. The lowest BCUT2D eigenvalue weighted by Gasteiger charge is -2.09. The van der Waals surface area contributed by atoms with Gasteiger partial charge >= 0.3 is 5.82 Å². The third kappa shape index (κ3) is 2.48. The van der Waals surface area contributed by atoms with E-state index >= 15 is 0 Å². The van der Waals surface area contributed by atoms with Crippen LogP contribution in [0.1, 0.15) is 5.56 Å². The van der Waals surface area contributed by atoms with Crippen LogP contribution in [0.2, 0.25) is 0 Å². The molecule has 0 fully saturated rings. The zero-order valence-electron chi connectivity index (χ0n) is 10.8. The second-order valence-corrected chi connectivity index (χ2v) is 5.76. The van der Waals surface area contributed by atoms with Gasteiger partial charge in [-0.15, -0.1) is 0 Å². The van der Waals surface area contributed by atoms with Crippen LogP contribution in [-0.2, 0) is 17.1 Å². The SMILES string of the molecule is Cc1ccccc1NS(=O)(=O)c1c([N+](=O)[O-])ncn1C. The van der Waals surface area contributed by atoms with Crippen LogP contribution in [0.5, 0.6) is 0 Å². The Kier molecular flexibility index (Phi) is 3.45. The van der Waals surface area contributed by atoms with Gasteiger partial charge in [0.2, 0.25) is 6.33 Å². The number of nitrogens with one attached hydrogen (secondary N) is 1. The lowest BCUT2D eigenvalue weighted by Crippen LogP contribution is -2.18. The Bertz CT molecular complexity index is 766. The molecule has 0 radical (unpaired) electrons. The minimum Gasteiger partial charge on any atom is -0.358 e. The molecule has 0 saturated carbocycles. The van der Waals surface area contributed by atoms with Crippen LogP contribution >= 0.6 is 0 Å². The number of hydrogen-bond acceptors (Lipinski definition) is 5. The Morgan fingerprint density at radius 2 is 2.00 bits per heavy atom. The maximum Gasteiger partial charge on any atom is 0.403 e. The van der Waals surface area contributed by atoms with Crippen molar-refractivity contribution in [1.82, 2.24) is 9.55 Å². The Balaban J connectivity index is 2.49. The lowest BCUT2D eigenvalue weighted by atomic mass is 10.2. The van der Waals surface area contributed by atoms with E-state index < -0.39 is 25.8 Å². The van der Waals surface area contributed by atoms with E-state index in [1.807, 2.05) is 0 Å². The topological polar surface area (TPSA) is 107 Å². The first kappa shape index (κ1) is 14.0. The van der Waals surface area contributed by atoms with E-state index in [0.717, 1.165) is 10.9 Å². The fourth-order valence-electron chi connectivity index (χ4n) is 1.72. The summed E-state index contributed by atoms with van der Waals surface area (Å²) < 4.78 is 28.0. The molecule has 1 N–H and O–H groups in total. The minimum absolute atomic E-state index is 0.364. The third-order valence-electron chi connectivity index (χ3n) is 2.68. The Labute approximate surface area is 115 Å². The van der Waals surface area contributed by atoms with Gasteiger partial charge in [-0.3, -0.25) is 9.29 Å². The lowest BCUT2D eigenvalue weighted by molar-refractivity contribution is -0.392. The molecule has 0 aliphatic carbocycles. The molecule has 0 aliphatic rings. The van der Waals surface area contributed by atoms with Crippen LogP contribution in [0.4, 0.5) is 11.5 Å². The minimum atomic E-state index is -4.09. The molecule has 0 saturated heterocycles. The summed E-state index contributed by atoms with van der Waals surface area (Å²) in [6.07, 6.45) is 1.09. The number of nitro groups is 1. The van der Waals surface area contributed by atoms with E-state index in [4.69, 9.17) is 0 Å². The van der Waals surface area contributed by atoms with Crippen LogP contribution in [0.25, 0.3) is 0 Å². The first-order valence-corrected chi connectivity index (χ1v) is 7.05. The average Bonchev–Trinajstić information content (AvgIpc) is 2.75. The largest absolute Gasteiger partial charge is 0.403 e. The van der Waals surface area contributed by atoms with Crippen molar-refractivity contribution in [2.24, 2.45) is 7.05 Å². The van der Waals surface area contributed by atoms with Gasteiger partial charge in [0, 0.05) is 7.05 Å². The molecule has 1 aromatic carbocycles. The van der Waals surface area contributed by atoms with Crippen LogP contribution in [0, 0.1) is 17.0 Å². The summed E-state index contributed by atoms with van der Waals surface area (Å²) in [6, 6.07) is 6.74. The normalized spacial score (nSPS) is 11.3. The molecule has 0 amide bonds. The average molecular weight is 296 g/mol. The van der Waals surface area contributed by atoms with Crippen molar-refractivity contribution in [3.05, 3.63) is 46.3 Å². The van der Waals surface area contributed by atoms with Gasteiger partial charge in [-0.05, 0) is 28.5 Å². The molecule has 2 aromatic rings. The van der Waals surface area contributed by atoms with Gasteiger partial charge in [0.15, 0.2) is 0 Å². The monoisotopic (exact) mass is 296 g/mol. The van der Waals surface area contributed by atoms with Gasteiger partial charge in [0.1, 0.15) is 0 Å². The highest BCUT2D eigenvalue weighted by atomic mass is 32.2.